The van der Waals surface area contributed by atoms with Crippen molar-refractivity contribution in [3.63, 3.8) is 0 Å². The van der Waals surface area contributed by atoms with Crippen LogP contribution in [0.3, 0.4) is 0 Å². The Balaban J connectivity index is 5.01. The molecule has 2 N–H and O–H groups in total. The number of hydrogen-bond donors (Lipinski definition) is 1. The fraction of sp³-hybridized carbons (Fsp3) is 1.00. The Morgan fingerprint density at radius 3 is 1.47 bits per heavy atom. The normalized spacial score (nSPS) is 13.7. The first-order chi connectivity index (χ1) is 14.4. The summed E-state index contributed by atoms with van der Waals surface area (Å²) in [5.74, 6) is 0. The van der Waals surface area contributed by atoms with Crippen LogP contribution in [0.4, 0.5) is 0 Å². The Morgan fingerprint density at radius 1 is 0.700 bits per heavy atom. The summed E-state index contributed by atoms with van der Waals surface area (Å²) in [6.07, 6.45) is 16.6. The fourth-order valence-electron chi connectivity index (χ4n) is 3.65. The molecule has 0 spiro atoms. The molecule has 0 rings (SSSR count). The van der Waals surface area contributed by atoms with Crippen LogP contribution in [-0.4, -0.2) is 19.4 Å². The van der Waals surface area contributed by atoms with Gasteiger partial charge in [0, 0.05) is 6.16 Å². The zero-order chi connectivity index (χ0) is 22.7. The van der Waals surface area contributed by atoms with Gasteiger partial charge in [-0.3, -0.25) is 14.6 Å². The van der Waals surface area contributed by atoms with Crippen LogP contribution >= 0.6 is 16.1 Å². The first-order valence-electron chi connectivity index (χ1n) is 12.5. The molecule has 0 fully saturated rings. The summed E-state index contributed by atoms with van der Waals surface area (Å²) in [6, 6.07) is 0. The summed E-state index contributed by atoms with van der Waals surface area (Å²) >= 11 is 0. The third-order valence-corrected chi connectivity index (χ3v) is 9.04. The van der Waals surface area contributed by atoms with Gasteiger partial charge in [-0.1, -0.05) is 86.0 Å². The number of nitrogens with two attached hydrogens (primary N) is 1. The minimum Gasteiger partial charge on any atom is -0.287 e. The van der Waals surface area contributed by atoms with Crippen LogP contribution in [0.2, 0.25) is 0 Å². The summed E-state index contributed by atoms with van der Waals surface area (Å²) in [5, 5.41) is 0. The predicted molar refractivity (Wildman–Crippen MR) is 132 cm³/mol. The van der Waals surface area contributed by atoms with Gasteiger partial charge in [-0.25, -0.2) is 8.88 Å². The summed E-state index contributed by atoms with van der Waals surface area (Å²) in [6.45, 7) is 11.7. The highest BCUT2D eigenvalue weighted by atomic mass is 31.2. The molecule has 5 nitrogen and oxygen atoms in total. The molecule has 7 heteroatoms. The zero-order valence-corrected chi connectivity index (χ0v) is 22.4. The molecule has 0 saturated carbocycles. The van der Waals surface area contributed by atoms with Crippen LogP contribution < -0.4 is 5.50 Å². The molecule has 0 bridgehead atoms. The molecule has 0 aliphatic heterocycles. The number of hydrogen-bond acceptors (Lipinski definition) is 5. The van der Waals surface area contributed by atoms with Crippen molar-refractivity contribution >= 4 is 16.1 Å². The Bertz CT molecular complexity index is 402. The van der Waals surface area contributed by atoms with Crippen molar-refractivity contribution in [3.8, 4) is 0 Å². The molecule has 182 valence electrons. The second-order valence-corrected chi connectivity index (χ2v) is 11.9. The third-order valence-electron chi connectivity index (χ3n) is 5.74. The van der Waals surface area contributed by atoms with Crippen molar-refractivity contribution in [2.75, 3.05) is 19.4 Å². The zero-order valence-electron chi connectivity index (χ0n) is 20.6. The number of phosphoric acid groups is 1. The van der Waals surface area contributed by atoms with E-state index < -0.39 is 16.1 Å². The van der Waals surface area contributed by atoms with E-state index in [9.17, 15) is 4.57 Å². The van der Waals surface area contributed by atoms with Crippen molar-refractivity contribution < 1.29 is 17.9 Å². The lowest BCUT2D eigenvalue weighted by atomic mass is 9.72. The Morgan fingerprint density at radius 2 is 1.10 bits per heavy atom. The molecule has 0 aromatic carbocycles. The Labute approximate surface area is 189 Å². The van der Waals surface area contributed by atoms with Gasteiger partial charge in [-0.2, -0.15) is 0 Å². The Hall–Kier alpha value is 0.500. The molecule has 1 atom stereocenters. The second kappa shape index (κ2) is 19.0. The lowest BCUT2D eigenvalue weighted by Crippen LogP contribution is -2.23. The number of phosphoric ester groups is 1. The quantitative estimate of drug-likeness (QED) is 0.127. The van der Waals surface area contributed by atoms with E-state index in [1.165, 1.54) is 57.8 Å². The van der Waals surface area contributed by atoms with Gasteiger partial charge in [-0.05, 0) is 43.9 Å². The molecular formula is C23H51NO4P2. The van der Waals surface area contributed by atoms with Crippen LogP contribution in [0.15, 0.2) is 0 Å². The van der Waals surface area contributed by atoms with Gasteiger partial charge in [-0.15, -0.1) is 0 Å². The second-order valence-electron chi connectivity index (χ2n) is 8.60. The first-order valence-corrected chi connectivity index (χ1v) is 15.5. The van der Waals surface area contributed by atoms with Crippen molar-refractivity contribution in [2.45, 2.75) is 125 Å². The standard InChI is InChI=1S/C23H51NO4P2/c1-6-11-16-23(17-12-7-2,18-13-8-3)19-22-29(24)28-30(25,26-20-14-9-4)27-21-15-10-5/h6-22,24H2,1-5H3. The van der Waals surface area contributed by atoms with Gasteiger partial charge in [0.25, 0.3) is 0 Å². The highest BCUT2D eigenvalue weighted by molar-refractivity contribution is 7.62. The molecule has 1 unspecified atom stereocenters. The molecule has 0 saturated heterocycles. The molecule has 0 aliphatic rings. The van der Waals surface area contributed by atoms with Gasteiger partial charge in [0.1, 0.15) is 8.30 Å². The minimum atomic E-state index is -3.58. The predicted octanol–water partition coefficient (Wildman–Crippen LogP) is 8.96. The molecule has 30 heavy (non-hydrogen) atoms. The first kappa shape index (κ1) is 30.5. The molecule has 0 aliphatic carbocycles. The minimum absolute atomic E-state index is 0.335. The molecule has 0 aromatic heterocycles. The molecule has 0 radical (unpaired) electrons. The smallest absolute Gasteiger partial charge is 0.287 e. The van der Waals surface area contributed by atoms with Gasteiger partial charge in [0.15, 0.2) is 0 Å². The van der Waals surface area contributed by atoms with Crippen molar-refractivity contribution in [1.29, 1.82) is 0 Å². The van der Waals surface area contributed by atoms with Gasteiger partial charge >= 0.3 is 7.82 Å². The van der Waals surface area contributed by atoms with Crippen molar-refractivity contribution in [1.82, 2.24) is 0 Å². The maximum atomic E-state index is 13.1. The maximum Gasteiger partial charge on any atom is 0.479 e. The SMILES string of the molecule is CCCCOP(=O)(OCCCC)OP(N)CCC(CCCC)(CCCC)CCCC. The van der Waals surface area contributed by atoms with Gasteiger partial charge in [0.2, 0.25) is 0 Å². The number of rotatable bonds is 22. The summed E-state index contributed by atoms with van der Waals surface area (Å²) < 4.78 is 30.0. The van der Waals surface area contributed by atoms with Gasteiger partial charge in [0.05, 0.1) is 13.2 Å². The van der Waals surface area contributed by atoms with Crippen LogP contribution in [-0.2, 0) is 17.9 Å². The maximum absolute atomic E-state index is 13.1. The number of unbranched alkanes of at least 4 members (excludes halogenated alkanes) is 5. The van der Waals surface area contributed by atoms with E-state index in [0.29, 0.717) is 18.6 Å². The highest BCUT2D eigenvalue weighted by Gasteiger charge is 2.33. The highest BCUT2D eigenvalue weighted by Crippen LogP contribution is 2.59. The van der Waals surface area contributed by atoms with Crippen molar-refractivity contribution in [2.24, 2.45) is 10.9 Å². The van der Waals surface area contributed by atoms with E-state index in [1.807, 2.05) is 0 Å². The van der Waals surface area contributed by atoms with E-state index in [1.54, 1.807) is 0 Å². The Kier molecular flexibility index (Phi) is 19.3. The topological polar surface area (TPSA) is 70.8 Å². The van der Waals surface area contributed by atoms with Crippen LogP contribution in [0, 0.1) is 5.41 Å². The third kappa shape index (κ3) is 14.5. The molecule has 0 heterocycles. The van der Waals surface area contributed by atoms with E-state index >= 15 is 0 Å². The monoisotopic (exact) mass is 467 g/mol. The van der Waals surface area contributed by atoms with E-state index in [4.69, 9.17) is 18.9 Å². The fourth-order valence-corrected chi connectivity index (χ4v) is 6.85. The largest absolute Gasteiger partial charge is 0.479 e. The lowest BCUT2D eigenvalue weighted by Gasteiger charge is -2.35. The average molecular weight is 468 g/mol. The van der Waals surface area contributed by atoms with E-state index in [0.717, 1.165) is 38.3 Å². The molecule has 0 aromatic rings. The van der Waals surface area contributed by atoms with E-state index in [-0.39, 0.29) is 0 Å². The lowest BCUT2D eigenvalue weighted by molar-refractivity contribution is 0.155. The summed E-state index contributed by atoms with van der Waals surface area (Å²) in [5.41, 5.74) is 6.71. The van der Waals surface area contributed by atoms with Gasteiger partial charge < -0.3 is 0 Å². The van der Waals surface area contributed by atoms with Crippen LogP contribution in [0.5, 0.6) is 0 Å². The molecule has 0 amide bonds. The summed E-state index contributed by atoms with van der Waals surface area (Å²) in [7, 11) is -4.91. The molecular weight excluding hydrogens is 416 g/mol. The summed E-state index contributed by atoms with van der Waals surface area (Å²) in [4.78, 5) is 0. The van der Waals surface area contributed by atoms with E-state index in [2.05, 4.69) is 34.6 Å². The van der Waals surface area contributed by atoms with Crippen LogP contribution in [0.25, 0.3) is 0 Å². The van der Waals surface area contributed by atoms with Crippen molar-refractivity contribution in [3.05, 3.63) is 0 Å². The average Bonchev–Trinajstić information content (AvgIpc) is 2.73. The van der Waals surface area contributed by atoms with Crippen LogP contribution in [0.1, 0.15) is 125 Å².